The Morgan fingerprint density at radius 1 is 1.29 bits per heavy atom. The highest BCUT2D eigenvalue weighted by molar-refractivity contribution is 5.68. The second-order valence-electron chi connectivity index (χ2n) is 6.43. The number of amides is 1. The summed E-state index contributed by atoms with van der Waals surface area (Å²) in [5.41, 5.74) is -0.392. The highest BCUT2D eigenvalue weighted by atomic mass is 16.6. The molecule has 100 valence electrons. The van der Waals surface area contributed by atoms with Gasteiger partial charge in [0.15, 0.2) is 0 Å². The predicted molar refractivity (Wildman–Crippen MR) is 70.0 cm³/mol. The average Bonchev–Trinajstić information content (AvgIpc) is 2.39. The van der Waals surface area contributed by atoms with Crippen molar-refractivity contribution in [1.29, 1.82) is 0 Å². The van der Waals surface area contributed by atoms with E-state index < -0.39 is 5.60 Å². The maximum atomic E-state index is 12.0. The number of rotatable bonds is 1. The van der Waals surface area contributed by atoms with E-state index in [-0.39, 0.29) is 6.09 Å². The molecule has 1 heterocycles. The lowest BCUT2D eigenvalue weighted by molar-refractivity contribution is 0.0223. The molecule has 3 heteroatoms. The summed E-state index contributed by atoms with van der Waals surface area (Å²) in [5.74, 6) is 1.25. The Hall–Kier alpha value is -0.730. The number of carbonyl (C=O) groups is 1. The lowest BCUT2D eigenvalue weighted by Gasteiger charge is -2.29. The van der Waals surface area contributed by atoms with Gasteiger partial charge in [-0.15, -0.1) is 0 Å². The first-order valence-corrected chi connectivity index (χ1v) is 6.77. The quantitative estimate of drug-likeness (QED) is 0.701. The van der Waals surface area contributed by atoms with Crippen molar-refractivity contribution in [1.82, 2.24) is 4.90 Å². The minimum Gasteiger partial charge on any atom is -0.444 e. The third-order valence-corrected chi connectivity index (χ3v) is 3.30. The summed E-state index contributed by atoms with van der Waals surface area (Å²) < 4.78 is 5.45. The molecule has 1 saturated heterocycles. The first kappa shape index (κ1) is 14.3. The van der Waals surface area contributed by atoms with E-state index in [0.29, 0.717) is 11.8 Å². The molecule has 0 N–H and O–H groups in total. The summed E-state index contributed by atoms with van der Waals surface area (Å²) in [6, 6.07) is 0. The number of ether oxygens (including phenoxy) is 1. The molecule has 1 aliphatic rings. The average molecular weight is 241 g/mol. The summed E-state index contributed by atoms with van der Waals surface area (Å²) >= 11 is 0. The fraction of sp³-hybridized carbons (Fsp3) is 0.929. The molecular formula is C14H27NO2. The number of likely N-dealkylation sites (tertiary alicyclic amines) is 1. The van der Waals surface area contributed by atoms with Gasteiger partial charge in [-0.25, -0.2) is 4.79 Å². The van der Waals surface area contributed by atoms with Crippen LogP contribution in [0.25, 0.3) is 0 Å². The van der Waals surface area contributed by atoms with E-state index in [2.05, 4.69) is 13.8 Å². The summed E-state index contributed by atoms with van der Waals surface area (Å²) in [6.07, 6.45) is 3.41. The monoisotopic (exact) mass is 241 g/mol. The normalized spacial score (nSPS) is 22.5. The first-order chi connectivity index (χ1) is 7.79. The maximum Gasteiger partial charge on any atom is 0.410 e. The molecule has 0 aromatic heterocycles. The number of nitrogens with zero attached hydrogens (tertiary/aromatic N) is 1. The van der Waals surface area contributed by atoms with Gasteiger partial charge < -0.3 is 9.64 Å². The Kier molecular flexibility index (Phi) is 4.84. The van der Waals surface area contributed by atoms with Crippen molar-refractivity contribution in [3.8, 4) is 0 Å². The van der Waals surface area contributed by atoms with Crippen LogP contribution < -0.4 is 0 Å². The summed E-state index contributed by atoms with van der Waals surface area (Å²) in [5, 5.41) is 0. The van der Waals surface area contributed by atoms with Crippen molar-refractivity contribution in [2.45, 2.75) is 59.5 Å². The summed E-state index contributed by atoms with van der Waals surface area (Å²) in [7, 11) is 0. The highest BCUT2D eigenvalue weighted by Crippen LogP contribution is 2.24. The number of hydrogen-bond acceptors (Lipinski definition) is 2. The van der Waals surface area contributed by atoms with Gasteiger partial charge in [-0.2, -0.15) is 0 Å². The molecule has 3 nitrogen and oxygen atoms in total. The zero-order valence-electron chi connectivity index (χ0n) is 12.0. The van der Waals surface area contributed by atoms with Gasteiger partial charge in [-0.3, -0.25) is 0 Å². The Balaban J connectivity index is 2.59. The standard InChI is InChI=1S/C14H27NO2/c1-11(2)12-8-6-7-9-15(10-12)13(16)17-14(3,4)5/h11-12H,6-10H2,1-5H3. The van der Waals surface area contributed by atoms with Gasteiger partial charge in [0, 0.05) is 13.1 Å². The van der Waals surface area contributed by atoms with Gasteiger partial charge in [0.05, 0.1) is 0 Å². The third kappa shape index (κ3) is 4.97. The maximum absolute atomic E-state index is 12.0. The van der Waals surface area contributed by atoms with Crippen molar-refractivity contribution in [2.24, 2.45) is 11.8 Å². The lowest BCUT2D eigenvalue weighted by atomic mass is 9.91. The molecule has 17 heavy (non-hydrogen) atoms. The van der Waals surface area contributed by atoms with Gasteiger partial charge in [-0.1, -0.05) is 20.3 Å². The highest BCUT2D eigenvalue weighted by Gasteiger charge is 2.27. The smallest absolute Gasteiger partial charge is 0.410 e. The fourth-order valence-electron chi connectivity index (χ4n) is 2.21. The van der Waals surface area contributed by atoms with E-state index in [9.17, 15) is 4.79 Å². The Morgan fingerprint density at radius 3 is 2.47 bits per heavy atom. The molecule has 0 aromatic rings. The van der Waals surface area contributed by atoms with Gasteiger partial charge in [-0.05, 0) is 45.4 Å². The van der Waals surface area contributed by atoms with Gasteiger partial charge in [0.25, 0.3) is 0 Å². The molecule has 1 unspecified atom stereocenters. The molecule has 0 spiro atoms. The summed E-state index contributed by atoms with van der Waals surface area (Å²) in [4.78, 5) is 13.9. The molecule has 1 amide bonds. The van der Waals surface area contributed by atoms with Crippen molar-refractivity contribution in [2.75, 3.05) is 13.1 Å². The minimum atomic E-state index is -0.392. The van der Waals surface area contributed by atoms with Crippen LogP contribution in [0.3, 0.4) is 0 Å². The Labute approximate surface area is 106 Å². The molecule has 1 aliphatic heterocycles. The van der Waals surface area contributed by atoms with Crippen LogP contribution in [0.2, 0.25) is 0 Å². The van der Waals surface area contributed by atoms with E-state index in [4.69, 9.17) is 4.74 Å². The molecule has 1 fully saturated rings. The summed E-state index contributed by atoms with van der Waals surface area (Å²) in [6.45, 7) is 11.9. The first-order valence-electron chi connectivity index (χ1n) is 6.77. The number of carbonyl (C=O) groups excluding carboxylic acids is 1. The van der Waals surface area contributed by atoms with Crippen LogP contribution in [0.5, 0.6) is 0 Å². The molecule has 0 saturated carbocycles. The van der Waals surface area contributed by atoms with Gasteiger partial charge in [0.2, 0.25) is 0 Å². The van der Waals surface area contributed by atoms with Crippen molar-refractivity contribution < 1.29 is 9.53 Å². The van der Waals surface area contributed by atoms with Crippen molar-refractivity contribution in [3.63, 3.8) is 0 Å². The molecule has 0 bridgehead atoms. The van der Waals surface area contributed by atoms with Gasteiger partial charge in [0.1, 0.15) is 5.60 Å². The van der Waals surface area contributed by atoms with E-state index in [1.54, 1.807) is 0 Å². The molecule has 0 radical (unpaired) electrons. The van der Waals surface area contributed by atoms with Crippen molar-refractivity contribution >= 4 is 6.09 Å². The molecule has 0 aliphatic carbocycles. The van der Waals surface area contributed by atoms with Crippen LogP contribution in [0.4, 0.5) is 4.79 Å². The topological polar surface area (TPSA) is 29.5 Å². The largest absolute Gasteiger partial charge is 0.444 e. The molecule has 1 rings (SSSR count). The van der Waals surface area contributed by atoms with E-state index in [1.165, 1.54) is 12.8 Å². The zero-order chi connectivity index (χ0) is 13.1. The van der Waals surface area contributed by atoms with Crippen LogP contribution >= 0.6 is 0 Å². The Morgan fingerprint density at radius 2 is 1.94 bits per heavy atom. The van der Waals surface area contributed by atoms with E-state index in [1.807, 2.05) is 25.7 Å². The SMILES string of the molecule is CC(C)C1CCCCN(C(=O)OC(C)(C)C)C1. The minimum absolute atomic E-state index is 0.148. The van der Waals surface area contributed by atoms with Crippen LogP contribution in [-0.4, -0.2) is 29.7 Å². The second kappa shape index (κ2) is 5.74. The number of hydrogen-bond donors (Lipinski definition) is 0. The van der Waals surface area contributed by atoms with Crippen molar-refractivity contribution in [3.05, 3.63) is 0 Å². The van der Waals surface area contributed by atoms with E-state index >= 15 is 0 Å². The van der Waals surface area contributed by atoms with Crippen LogP contribution in [0, 0.1) is 11.8 Å². The predicted octanol–water partition coefficient (Wildman–Crippen LogP) is 3.68. The third-order valence-electron chi connectivity index (χ3n) is 3.30. The second-order valence-corrected chi connectivity index (χ2v) is 6.43. The fourth-order valence-corrected chi connectivity index (χ4v) is 2.21. The Bertz CT molecular complexity index is 255. The molecule has 1 atom stereocenters. The van der Waals surface area contributed by atoms with Crippen LogP contribution in [0.15, 0.2) is 0 Å². The lowest BCUT2D eigenvalue weighted by Crippen LogP contribution is -2.39. The van der Waals surface area contributed by atoms with Crippen LogP contribution in [0.1, 0.15) is 53.9 Å². The van der Waals surface area contributed by atoms with Crippen LogP contribution in [-0.2, 0) is 4.74 Å². The molecular weight excluding hydrogens is 214 g/mol. The van der Waals surface area contributed by atoms with Gasteiger partial charge >= 0.3 is 6.09 Å². The molecule has 0 aromatic carbocycles. The van der Waals surface area contributed by atoms with E-state index in [0.717, 1.165) is 19.5 Å². The zero-order valence-corrected chi connectivity index (χ0v) is 12.0.